The van der Waals surface area contributed by atoms with Gasteiger partial charge in [0.1, 0.15) is 0 Å². The quantitative estimate of drug-likeness (QED) is 0.812. The van der Waals surface area contributed by atoms with Crippen LogP contribution in [-0.4, -0.2) is 23.3 Å². The van der Waals surface area contributed by atoms with Gasteiger partial charge in [-0.25, -0.2) is 0 Å². The highest BCUT2D eigenvalue weighted by Gasteiger charge is 2.20. The van der Waals surface area contributed by atoms with Crippen molar-refractivity contribution in [2.75, 3.05) is 7.11 Å². The van der Waals surface area contributed by atoms with E-state index in [1.807, 2.05) is 0 Å². The number of phenols is 1. The molecule has 0 saturated heterocycles. The van der Waals surface area contributed by atoms with Gasteiger partial charge in [-0.05, 0) is 35.5 Å². The monoisotopic (exact) mass is 328 g/mol. The smallest absolute Gasteiger partial charge is 0.286 e. The second kappa shape index (κ2) is 5.03. The maximum Gasteiger partial charge on any atom is 0.286 e. The first kappa shape index (κ1) is 13.0. The van der Waals surface area contributed by atoms with Gasteiger partial charge in [-0.15, -0.1) is 0 Å². The summed E-state index contributed by atoms with van der Waals surface area (Å²) in [5.74, 6) is -0.0153. The Hall–Kier alpha value is -1.47. The van der Waals surface area contributed by atoms with Gasteiger partial charge in [0.2, 0.25) is 0 Å². The van der Waals surface area contributed by atoms with Crippen LogP contribution in [0.1, 0.15) is 5.56 Å². The number of nitrogens with two attached hydrogens (primary N) is 1. The molecule has 1 aromatic carbocycles. The molecule has 1 aliphatic heterocycles. The van der Waals surface area contributed by atoms with E-state index < -0.39 is 0 Å². The molecule has 0 aliphatic carbocycles. The van der Waals surface area contributed by atoms with Gasteiger partial charge >= 0.3 is 0 Å². The topological polar surface area (TPSA) is 84.9 Å². The molecule has 0 spiro atoms. The first-order valence-corrected chi connectivity index (χ1v) is 6.46. The average Bonchev–Trinajstić information content (AvgIpc) is 2.61. The highest BCUT2D eigenvalue weighted by Crippen LogP contribution is 2.35. The molecular formula is C11H9BrN2O3S. The lowest BCUT2D eigenvalue weighted by Crippen LogP contribution is -2.01. The molecule has 1 aliphatic rings. The fourth-order valence-electron chi connectivity index (χ4n) is 1.40. The van der Waals surface area contributed by atoms with Gasteiger partial charge in [-0.2, -0.15) is 4.99 Å². The lowest BCUT2D eigenvalue weighted by Gasteiger charge is -2.06. The average molecular weight is 329 g/mol. The van der Waals surface area contributed by atoms with E-state index in [2.05, 4.69) is 20.9 Å². The number of amides is 1. The number of halogens is 1. The van der Waals surface area contributed by atoms with Crippen molar-refractivity contribution in [2.45, 2.75) is 0 Å². The van der Waals surface area contributed by atoms with Crippen LogP contribution in [0.5, 0.6) is 11.5 Å². The van der Waals surface area contributed by atoms with E-state index in [9.17, 15) is 9.90 Å². The number of hydrogen-bond acceptors (Lipinski definition) is 5. The molecule has 1 heterocycles. The first-order chi connectivity index (χ1) is 8.51. The summed E-state index contributed by atoms with van der Waals surface area (Å²) in [5, 5.41) is 9.81. The number of nitrogens with zero attached hydrogens (tertiary/aromatic N) is 1. The van der Waals surface area contributed by atoms with Gasteiger partial charge in [-0.1, -0.05) is 15.9 Å². The maximum atomic E-state index is 11.5. The summed E-state index contributed by atoms with van der Waals surface area (Å²) >= 11 is 4.41. The van der Waals surface area contributed by atoms with Crippen LogP contribution in [0.3, 0.4) is 0 Å². The second-order valence-corrected chi connectivity index (χ2v) is 5.33. The van der Waals surface area contributed by atoms with Gasteiger partial charge < -0.3 is 15.6 Å². The Morgan fingerprint density at radius 2 is 2.28 bits per heavy atom. The van der Waals surface area contributed by atoms with Crippen molar-refractivity contribution in [1.82, 2.24) is 0 Å². The number of rotatable bonds is 2. The van der Waals surface area contributed by atoms with Gasteiger partial charge in [0, 0.05) is 4.47 Å². The normalized spacial score (nSPS) is 17.1. The Balaban J connectivity index is 2.41. The predicted octanol–water partition coefficient (Wildman–Crippen LogP) is 2.09. The SMILES string of the molecule is COc1cc(/C=C2\SC(N)=NC2=O)c(Br)cc1O. The summed E-state index contributed by atoms with van der Waals surface area (Å²) in [4.78, 5) is 15.5. The van der Waals surface area contributed by atoms with Crippen molar-refractivity contribution in [1.29, 1.82) is 0 Å². The number of phenolic OH excluding ortho intramolecular Hbond substituents is 1. The highest BCUT2D eigenvalue weighted by atomic mass is 79.9. The van der Waals surface area contributed by atoms with E-state index in [0.717, 1.165) is 11.8 Å². The van der Waals surface area contributed by atoms with Crippen LogP contribution in [0, 0.1) is 0 Å². The summed E-state index contributed by atoms with van der Waals surface area (Å²) in [7, 11) is 1.45. The molecule has 18 heavy (non-hydrogen) atoms. The van der Waals surface area contributed by atoms with E-state index in [4.69, 9.17) is 10.5 Å². The molecular weight excluding hydrogens is 320 g/mol. The number of carbonyl (C=O) groups is 1. The fraction of sp³-hybridized carbons (Fsp3) is 0.0909. The van der Waals surface area contributed by atoms with Gasteiger partial charge in [-0.3, -0.25) is 4.79 Å². The lowest BCUT2D eigenvalue weighted by molar-refractivity contribution is -0.113. The number of carbonyl (C=O) groups excluding carboxylic acids is 1. The van der Waals surface area contributed by atoms with E-state index in [0.29, 0.717) is 20.7 Å². The molecule has 0 aromatic heterocycles. The Morgan fingerprint density at radius 1 is 1.56 bits per heavy atom. The molecule has 7 heteroatoms. The van der Waals surface area contributed by atoms with Crippen molar-refractivity contribution < 1.29 is 14.6 Å². The zero-order valence-electron chi connectivity index (χ0n) is 9.31. The minimum atomic E-state index is -0.364. The molecule has 94 valence electrons. The maximum absolute atomic E-state index is 11.5. The number of thioether (sulfide) groups is 1. The number of ether oxygens (including phenoxy) is 1. The van der Waals surface area contributed by atoms with E-state index in [-0.39, 0.29) is 16.8 Å². The van der Waals surface area contributed by atoms with Crippen molar-refractivity contribution in [3.8, 4) is 11.5 Å². The number of amidine groups is 1. The van der Waals surface area contributed by atoms with Crippen LogP contribution in [0.25, 0.3) is 6.08 Å². The summed E-state index contributed by atoms with van der Waals surface area (Å²) < 4.78 is 5.65. The molecule has 0 radical (unpaired) electrons. The van der Waals surface area contributed by atoms with Crippen LogP contribution in [0.4, 0.5) is 0 Å². The van der Waals surface area contributed by atoms with Crippen LogP contribution >= 0.6 is 27.7 Å². The number of aromatic hydroxyl groups is 1. The van der Waals surface area contributed by atoms with Crippen LogP contribution in [0.2, 0.25) is 0 Å². The zero-order valence-corrected chi connectivity index (χ0v) is 11.7. The highest BCUT2D eigenvalue weighted by molar-refractivity contribution is 9.10. The molecule has 2 rings (SSSR count). The lowest BCUT2D eigenvalue weighted by atomic mass is 10.2. The molecule has 1 aromatic rings. The number of methoxy groups -OCH3 is 1. The van der Waals surface area contributed by atoms with Gasteiger partial charge in [0.15, 0.2) is 16.7 Å². The van der Waals surface area contributed by atoms with Crippen molar-refractivity contribution in [3.05, 3.63) is 27.1 Å². The van der Waals surface area contributed by atoms with E-state index >= 15 is 0 Å². The minimum Gasteiger partial charge on any atom is -0.504 e. The van der Waals surface area contributed by atoms with Crippen LogP contribution < -0.4 is 10.5 Å². The number of aliphatic imine (C=N–C) groups is 1. The molecule has 5 nitrogen and oxygen atoms in total. The third-order valence-electron chi connectivity index (χ3n) is 2.22. The third kappa shape index (κ3) is 2.51. The molecule has 0 unspecified atom stereocenters. The number of benzene rings is 1. The third-order valence-corrected chi connectivity index (χ3v) is 3.72. The van der Waals surface area contributed by atoms with E-state index in [1.54, 1.807) is 12.1 Å². The standard InChI is InChI=1S/C11H9BrN2O3S/c1-17-8-2-5(6(12)4-7(8)15)3-9-10(16)14-11(13)18-9/h2-4,15H,1H3,(H2,13,14,16)/b9-3-. The van der Waals surface area contributed by atoms with Crippen molar-refractivity contribution >= 4 is 44.8 Å². The van der Waals surface area contributed by atoms with Crippen LogP contribution in [0.15, 0.2) is 26.5 Å². The van der Waals surface area contributed by atoms with Gasteiger partial charge in [0.25, 0.3) is 5.91 Å². The molecule has 0 bridgehead atoms. The Labute approximate surface area is 116 Å². The zero-order chi connectivity index (χ0) is 13.3. The van der Waals surface area contributed by atoms with E-state index in [1.165, 1.54) is 13.2 Å². The molecule has 1 amide bonds. The molecule has 0 fully saturated rings. The summed E-state index contributed by atoms with van der Waals surface area (Å²) in [6.45, 7) is 0. The summed E-state index contributed by atoms with van der Waals surface area (Å²) in [6, 6.07) is 3.12. The molecule has 0 saturated carbocycles. The van der Waals surface area contributed by atoms with Gasteiger partial charge in [0.05, 0.1) is 12.0 Å². The van der Waals surface area contributed by atoms with Crippen molar-refractivity contribution in [3.63, 3.8) is 0 Å². The van der Waals surface area contributed by atoms with Crippen LogP contribution in [-0.2, 0) is 4.79 Å². The Morgan fingerprint density at radius 3 is 2.83 bits per heavy atom. The fourth-order valence-corrected chi connectivity index (χ4v) is 2.52. The summed E-state index contributed by atoms with van der Waals surface area (Å²) in [6.07, 6.45) is 1.64. The molecule has 3 N–H and O–H groups in total. The second-order valence-electron chi connectivity index (χ2n) is 3.41. The summed E-state index contributed by atoms with van der Waals surface area (Å²) in [5.41, 5.74) is 6.16. The number of hydrogen-bond donors (Lipinski definition) is 2. The Bertz CT molecular complexity index is 584. The Kier molecular flexibility index (Phi) is 3.63. The predicted molar refractivity (Wildman–Crippen MR) is 74.6 cm³/mol. The minimum absolute atomic E-state index is 0.0210. The first-order valence-electron chi connectivity index (χ1n) is 4.86. The molecule has 0 atom stereocenters. The van der Waals surface area contributed by atoms with Crippen molar-refractivity contribution in [2.24, 2.45) is 10.7 Å². The largest absolute Gasteiger partial charge is 0.504 e.